The minimum Gasteiger partial charge on any atom is -0.483 e. The van der Waals surface area contributed by atoms with Crippen molar-refractivity contribution in [2.24, 2.45) is 5.92 Å². The van der Waals surface area contributed by atoms with Crippen molar-refractivity contribution in [2.45, 2.75) is 49.4 Å². The van der Waals surface area contributed by atoms with Gasteiger partial charge in [0, 0.05) is 24.8 Å². The quantitative estimate of drug-likeness (QED) is 0.699. The lowest BCUT2D eigenvalue weighted by Crippen LogP contribution is -2.51. The van der Waals surface area contributed by atoms with Gasteiger partial charge in [0.1, 0.15) is 0 Å². The van der Waals surface area contributed by atoms with Gasteiger partial charge in [-0.2, -0.15) is 0 Å². The summed E-state index contributed by atoms with van der Waals surface area (Å²) in [5.74, 6) is 0.143. The largest absolute Gasteiger partial charge is 0.483 e. The standard InChI is InChI=1S/C19H24N2O5S.CH2O2/c1-12(2)15-11-26-19-8-9-20(16(19)10-17(22)21(15)19)18(23)13-4-6-14(7-5-13)27(3,24)25;2-1-3/h4-7,12,15-16H,8-11H2,1-3H3;1H,(H,2,3)/t15-,16+,19-;/m0./s1. The fraction of sp³-hybridized carbons (Fsp3) is 0.550. The van der Waals surface area contributed by atoms with Crippen LogP contribution in [-0.2, 0) is 24.2 Å². The maximum absolute atomic E-state index is 13.0. The highest BCUT2D eigenvalue weighted by atomic mass is 32.2. The summed E-state index contributed by atoms with van der Waals surface area (Å²) in [6.07, 6.45) is 2.02. The van der Waals surface area contributed by atoms with Crippen LogP contribution >= 0.6 is 0 Å². The zero-order valence-electron chi connectivity index (χ0n) is 17.1. The number of hydrogen-bond acceptors (Lipinski definition) is 6. The number of rotatable bonds is 3. The minimum atomic E-state index is -3.31. The minimum absolute atomic E-state index is 0.0427. The molecule has 3 atom stereocenters. The van der Waals surface area contributed by atoms with Crippen molar-refractivity contribution < 1.29 is 32.6 Å². The van der Waals surface area contributed by atoms with Gasteiger partial charge in [0.05, 0.1) is 30.0 Å². The van der Waals surface area contributed by atoms with E-state index in [2.05, 4.69) is 13.8 Å². The van der Waals surface area contributed by atoms with E-state index < -0.39 is 15.6 Å². The Labute approximate surface area is 175 Å². The molecule has 30 heavy (non-hydrogen) atoms. The Hall–Kier alpha value is -2.46. The summed E-state index contributed by atoms with van der Waals surface area (Å²) >= 11 is 0. The van der Waals surface area contributed by atoms with Crippen LogP contribution in [0.5, 0.6) is 0 Å². The SMILES string of the molecule is CC(C)[C@@H]1CO[C@@]23CCN(C(=O)c4ccc(S(C)(=O)=O)cc4)[C@@H]2CC(=O)N13.O=CO. The Bertz CT molecular complexity index is 944. The molecular formula is C20H26N2O7S. The van der Waals surface area contributed by atoms with Gasteiger partial charge in [-0.05, 0) is 30.2 Å². The Morgan fingerprint density at radius 3 is 2.43 bits per heavy atom. The second-order valence-electron chi connectivity index (χ2n) is 8.10. The van der Waals surface area contributed by atoms with E-state index in [1.54, 1.807) is 4.90 Å². The molecule has 0 unspecified atom stereocenters. The summed E-state index contributed by atoms with van der Waals surface area (Å²) in [5.41, 5.74) is -0.280. The molecule has 3 saturated heterocycles. The molecule has 3 heterocycles. The smallest absolute Gasteiger partial charge is 0.290 e. The Kier molecular flexibility index (Phi) is 5.92. The third-order valence-corrected chi connectivity index (χ3v) is 7.18. The van der Waals surface area contributed by atoms with E-state index in [0.29, 0.717) is 31.1 Å². The van der Waals surface area contributed by atoms with Gasteiger partial charge in [0.2, 0.25) is 5.91 Å². The predicted molar refractivity (Wildman–Crippen MR) is 106 cm³/mol. The molecule has 164 valence electrons. The monoisotopic (exact) mass is 438 g/mol. The van der Waals surface area contributed by atoms with Crippen molar-refractivity contribution in [3.05, 3.63) is 29.8 Å². The summed E-state index contributed by atoms with van der Waals surface area (Å²) in [5, 5.41) is 6.89. The highest BCUT2D eigenvalue weighted by molar-refractivity contribution is 7.90. The van der Waals surface area contributed by atoms with E-state index in [9.17, 15) is 18.0 Å². The highest BCUT2D eigenvalue weighted by Crippen LogP contribution is 2.49. The van der Waals surface area contributed by atoms with Gasteiger partial charge in [-0.1, -0.05) is 13.8 Å². The molecule has 10 heteroatoms. The number of benzene rings is 1. The van der Waals surface area contributed by atoms with Gasteiger partial charge in [-0.15, -0.1) is 0 Å². The molecule has 1 aromatic rings. The van der Waals surface area contributed by atoms with Gasteiger partial charge >= 0.3 is 0 Å². The second kappa shape index (κ2) is 7.99. The van der Waals surface area contributed by atoms with Crippen LogP contribution in [0.2, 0.25) is 0 Å². The molecule has 0 saturated carbocycles. The van der Waals surface area contributed by atoms with Crippen LogP contribution in [0, 0.1) is 5.92 Å². The first-order valence-electron chi connectivity index (χ1n) is 9.72. The molecule has 3 aliphatic heterocycles. The van der Waals surface area contributed by atoms with Crippen molar-refractivity contribution >= 4 is 28.1 Å². The number of carbonyl (C=O) groups is 3. The number of hydrogen-bond donors (Lipinski definition) is 1. The van der Waals surface area contributed by atoms with Gasteiger partial charge < -0.3 is 19.6 Å². The lowest BCUT2D eigenvalue weighted by Gasteiger charge is -2.34. The zero-order valence-corrected chi connectivity index (χ0v) is 18.0. The fourth-order valence-electron chi connectivity index (χ4n) is 4.62. The molecule has 0 aromatic heterocycles. The molecule has 1 aromatic carbocycles. The number of sulfone groups is 1. The lowest BCUT2D eigenvalue weighted by molar-refractivity contribution is -0.139. The van der Waals surface area contributed by atoms with Crippen LogP contribution in [0.4, 0.5) is 0 Å². The lowest BCUT2D eigenvalue weighted by atomic mass is 10.0. The van der Waals surface area contributed by atoms with Crippen LogP contribution in [-0.4, -0.2) is 78.8 Å². The van der Waals surface area contributed by atoms with Gasteiger partial charge in [0.25, 0.3) is 12.4 Å². The molecule has 1 spiro atoms. The van der Waals surface area contributed by atoms with E-state index in [0.717, 1.165) is 6.26 Å². The Morgan fingerprint density at radius 1 is 1.30 bits per heavy atom. The molecule has 3 aliphatic rings. The first-order chi connectivity index (χ1) is 14.1. The number of carbonyl (C=O) groups excluding carboxylic acids is 2. The number of ether oxygens (including phenoxy) is 1. The molecule has 2 amide bonds. The van der Waals surface area contributed by atoms with E-state index in [1.165, 1.54) is 24.3 Å². The average molecular weight is 439 g/mol. The number of carboxylic acid groups (broad SMARTS) is 1. The third-order valence-electron chi connectivity index (χ3n) is 6.05. The van der Waals surface area contributed by atoms with Crippen LogP contribution in [0.3, 0.4) is 0 Å². The van der Waals surface area contributed by atoms with Crippen LogP contribution in [0.15, 0.2) is 29.2 Å². The fourth-order valence-corrected chi connectivity index (χ4v) is 5.25. The second-order valence-corrected chi connectivity index (χ2v) is 10.1. The molecule has 3 fully saturated rings. The molecular weight excluding hydrogens is 412 g/mol. The van der Waals surface area contributed by atoms with Crippen molar-refractivity contribution in [3.8, 4) is 0 Å². The summed E-state index contributed by atoms with van der Waals surface area (Å²) in [7, 11) is -3.31. The van der Waals surface area contributed by atoms with Gasteiger partial charge in [-0.3, -0.25) is 14.4 Å². The van der Waals surface area contributed by atoms with Crippen molar-refractivity contribution in [1.29, 1.82) is 0 Å². The van der Waals surface area contributed by atoms with E-state index in [-0.39, 0.29) is 41.7 Å². The third kappa shape index (κ3) is 3.58. The number of amides is 2. The molecule has 4 rings (SSSR count). The first-order valence-corrected chi connectivity index (χ1v) is 11.6. The van der Waals surface area contributed by atoms with E-state index in [1.807, 2.05) is 4.90 Å². The molecule has 1 N–H and O–H groups in total. The zero-order chi connectivity index (χ0) is 22.3. The Balaban J connectivity index is 0.000000806. The number of nitrogens with zero attached hydrogens (tertiary/aromatic N) is 2. The van der Waals surface area contributed by atoms with Crippen molar-refractivity contribution in [1.82, 2.24) is 9.80 Å². The topological polar surface area (TPSA) is 121 Å². The van der Waals surface area contributed by atoms with Crippen molar-refractivity contribution in [2.75, 3.05) is 19.4 Å². The van der Waals surface area contributed by atoms with Crippen molar-refractivity contribution in [3.63, 3.8) is 0 Å². The van der Waals surface area contributed by atoms with Crippen LogP contribution in [0.1, 0.15) is 37.0 Å². The summed E-state index contributed by atoms with van der Waals surface area (Å²) in [4.78, 5) is 37.9. The molecule has 0 bridgehead atoms. The molecule has 9 nitrogen and oxygen atoms in total. The van der Waals surface area contributed by atoms with Gasteiger partial charge in [0.15, 0.2) is 15.6 Å². The molecule has 0 radical (unpaired) electrons. The summed E-state index contributed by atoms with van der Waals surface area (Å²) in [6.45, 7) is 4.93. The molecule has 0 aliphatic carbocycles. The van der Waals surface area contributed by atoms with Crippen LogP contribution in [0.25, 0.3) is 0 Å². The van der Waals surface area contributed by atoms with E-state index >= 15 is 0 Å². The van der Waals surface area contributed by atoms with E-state index in [4.69, 9.17) is 14.6 Å². The highest BCUT2D eigenvalue weighted by Gasteiger charge is 2.65. The normalized spacial score (nSPS) is 27.5. The number of likely N-dealkylation sites (tertiary alicyclic amines) is 1. The van der Waals surface area contributed by atoms with Crippen LogP contribution < -0.4 is 0 Å². The summed E-state index contributed by atoms with van der Waals surface area (Å²) in [6, 6.07) is 5.71. The predicted octanol–water partition coefficient (Wildman–Crippen LogP) is 0.989. The van der Waals surface area contributed by atoms with Gasteiger partial charge in [-0.25, -0.2) is 8.42 Å². The summed E-state index contributed by atoms with van der Waals surface area (Å²) < 4.78 is 29.4. The maximum atomic E-state index is 13.0. The average Bonchev–Trinajstić information content (AvgIpc) is 3.30. The Morgan fingerprint density at radius 2 is 1.90 bits per heavy atom. The maximum Gasteiger partial charge on any atom is 0.290 e. The first kappa shape index (κ1) is 22.2.